The zero-order valence-electron chi connectivity index (χ0n) is 23.9. The lowest BCUT2D eigenvalue weighted by atomic mass is 9.98. The van der Waals surface area contributed by atoms with Gasteiger partial charge in [0.15, 0.2) is 0 Å². The van der Waals surface area contributed by atoms with Gasteiger partial charge < -0.3 is 19.3 Å². The number of aryl methyl sites for hydroxylation is 1. The van der Waals surface area contributed by atoms with E-state index >= 15 is 0 Å². The fourth-order valence-corrected chi connectivity index (χ4v) is 8.72. The Labute approximate surface area is 248 Å². The highest BCUT2D eigenvalue weighted by molar-refractivity contribution is 7.89. The molecule has 0 N–H and O–H groups in total. The number of nitrogens with zero attached hydrogens (tertiary/aromatic N) is 5. The summed E-state index contributed by atoms with van der Waals surface area (Å²) in [5.74, 6) is -0.353. The van der Waals surface area contributed by atoms with Gasteiger partial charge in [0.1, 0.15) is 22.0 Å². The summed E-state index contributed by atoms with van der Waals surface area (Å²) >= 11 is 1.15. The number of piperazine rings is 1. The number of methoxy groups -OCH3 is 1. The average Bonchev–Trinajstić information content (AvgIpc) is 3.36. The van der Waals surface area contributed by atoms with Crippen LogP contribution in [0.5, 0.6) is 5.75 Å². The number of thiophene rings is 1. The first-order valence-corrected chi connectivity index (χ1v) is 16.2. The van der Waals surface area contributed by atoms with Crippen molar-refractivity contribution in [3.05, 3.63) is 45.8 Å². The third kappa shape index (κ3) is 5.75. The third-order valence-electron chi connectivity index (χ3n) is 7.76. The summed E-state index contributed by atoms with van der Waals surface area (Å²) in [5.41, 5.74) is 0.316. The second kappa shape index (κ2) is 12.4. The van der Waals surface area contributed by atoms with Crippen molar-refractivity contribution in [2.24, 2.45) is 5.92 Å². The van der Waals surface area contributed by atoms with Gasteiger partial charge >= 0.3 is 5.97 Å². The zero-order chi connectivity index (χ0) is 30.0. The minimum Gasteiger partial charge on any atom is -0.495 e. The molecule has 2 aliphatic heterocycles. The molecular formula is C28H35N5O7S2. The number of rotatable bonds is 8. The first kappa shape index (κ1) is 30.0. The molecule has 5 rings (SSSR count). The molecule has 2 aliphatic rings. The van der Waals surface area contributed by atoms with Crippen LogP contribution < -0.4 is 15.2 Å². The molecule has 2 aromatic heterocycles. The Balaban J connectivity index is 1.36. The molecule has 2 saturated heterocycles. The summed E-state index contributed by atoms with van der Waals surface area (Å²) in [6, 6.07) is 7.60. The monoisotopic (exact) mass is 617 g/mol. The van der Waals surface area contributed by atoms with Gasteiger partial charge in [-0.2, -0.15) is 4.31 Å². The van der Waals surface area contributed by atoms with Gasteiger partial charge in [-0.05, 0) is 38.8 Å². The number of benzene rings is 1. The van der Waals surface area contributed by atoms with E-state index in [2.05, 4.69) is 9.88 Å². The van der Waals surface area contributed by atoms with Crippen LogP contribution in [-0.4, -0.2) is 92.0 Å². The summed E-state index contributed by atoms with van der Waals surface area (Å²) in [4.78, 5) is 47.8. The third-order valence-corrected chi connectivity index (χ3v) is 11.0. The smallest absolute Gasteiger partial charge is 0.310 e. The van der Waals surface area contributed by atoms with Crippen LogP contribution in [0.2, 0.25) is 0 Å². The normalized spacial score (nSPS) is 18.3. The fraction of sp³-hybridized carbons (Fsp3) is 0.500. The summed E-state index contributed by atoms with van der Waals surface area (Å²) in [6.45, 7) is 5.46. The molecule has 1 aromatic carbocycles. The van der Waals surface area contributed by atoms with Crippen LogP contribution >= 0.6 is 11.3 Å². The topological polar surface area (TPSA) is 131 Å². The number of para-hydroxylation sites is 2. The number of ether oxygens (including phenoxy) is 2. The Hall–Kier alpha value is -3.49. The fourth-order valence-electron chi connectivity index (χ4n) is 5.63. The van der Waals surface area contributed by atoms with Crippen molar-refractivity contribution in [2.75, 3.05) is 57.9 Å². The summed E-state index contributed by atoms with van der Waals surface area (Å²) in [6.07, 6.45) is 2.57. The Morgan fingerprint density at radius 1 is 1.12 bits per heavy atom. The van der Waals surface area contributed by atoms with Gasteiger partial charge in [0.25, 0.3) is 5.56 Å². The average molecular weight is 618 g/mol. The SMILES string of the molecule is CCOC(=O)[C@@H]1CCCN(C(=O)Cn2cnc3sc(C)c(S(=O)(=O)N4CCN(c5ccccc5OC)CC4)c3c2=O)C1. The lowest BCUT2D eigenvalue weighted by Gasteiger charge is -2.36. The Morgan fingerprint density at radius 2 is 1.86 bits per heavy atom. The zero-order valence-corrected chi connectivity index (χ0v) is 25.6. The molecule has 0 aliphatic carbocycles. The van der Waals surface area contributed by atoms with E-state index in [1.807, 2.05) is 24.3 Å². The molecule has 42 heavy (non-hydrogen) atoms. The maximum atomic E-state index is 13.9. The number of anilines is 1. The first-order valence-electron chi connectivity index (χ1n) is 14.0. The Bertz CT molecular complexity index is 1640. The number of hydrogen-bond acceptors (Lipinski definition) is 10. The molecular weight excluding hydrogens is 582 g/mol. The van der Waals surface area contributed by atoms with Gasteiger partial charge in [-0.3, -0.25) is 19.0 Å². The van der Waals surface area contributed by atoms with Crippen LogP contribution in [0.25, 0.3) is 10.2 Å². The maximum absolute atomic E-state index is 13.9. The summed E-state index contributed by atoms with van der Waals surface area (Å²) < 4.78 is 41.0. The number of hydrogen-bond donors (Lipinski definition) is 0. The van der Waals surface area contributed by atoms with Crippen molar-refractivity contribution in [1.29, 1.82) is 0 Å². The molecule has 226 valence electrons. The lowest BCUT2D eigenvalue weighted by Crippen LogP contribution is -2.49. The van der Waals surface area contributed by atoms with E-state index in [1.165, 1.54) is 10.6 Å². The second-order valence-corrected chi connectivity index (χ2v) is 13.4. The van der Waals surface area contributed by atoms with E-state index in [0.29, 0.717) is 42.2 Å². The Kier molecular flexibility index (Phi) is 8.85. The van der Waals surface area contributed by atoms with E-state index in [4.69, 9.17) is 9.47 Å². The van der Waals surface area contributed by atoms with Crippen LogP contribution in [0.15, 0.2) is 40.3 Å². The molecule has 2 fully saturated rings. The second-order valence-electron chi connectivity index (χ2n) is 10.3. The van der Waals surface area contributed by atoms with Crippen molar-refractivity contribution < 1.29 is 27.5 Å². The van der Waals surface area contributed by atoms with E-state index in [0.717, 1.165) is 27.3 Å². The molecule has 0 bridgehead atoms. The van der Waals surface area contributed by atoms with Crippen LogP contribution in [0.3, 0.4) is 0 Å². The number of sulfonamides is 1. The predicted octanol–water partition coefficient (Wildman–Crippen LogP) is 2.09. The summed E-state index contributed by atoms with van der Waals surface area (Å²) in [7, 11) is -2.42. The van der Waals surface area contributed by atoms with Crippen molar-refractivity contribution in [2.45, 2.75) is 38.1 Å². The number of amides is 1. The van der Waals surface area contributed by atoms with Gasteiger partial charge in [-0.15, -0.1) is 11.3 Å². The minimum atomic E-state index is -4.02. The van der Waals surface area contributed by atoms with E-state index in [9.17, 15) is 22.8 Å². The number of esters is 1. The van der Waals surface area contributed by atoms with Crippen LogP contribution in [0.4, 0.5) is 5.69 Å². The van der Waals surface area contributed by atoms with Crippen LogP contribution in [0.1, 0.15) is 24.6 Å². The number of fused-ring (bicyclic) bond motifs is 1. The lowest BCUT2D eigenvalue weighted by molar-refractivity contribution is -0.151. The molecule has 14 heteroatoms. The molecule has 4 heterocycles. The molecule has 1 amide bonds. The first-order chi connectivity index (χ1) is 20.1. The number of piperidine rings is 1. The number of aromatic nitrogens is 2. The maximum Gasteiger partial charge on any atom is 0.310 e. The van der Waals surface area contributed by atoms with E-state index in [1.54, 1.807) is 25.9 Å². The van der Waals surface area contributed by atoms with Gasteiger partial charge in [0.2, 0.25) is 15.9 Å². The van der Waals surface area contributed by atoms with Crippen molar-refractivity contribution >= 4 is 49.1 Å². The molecule has 0 radical (unpaired) electrons. The number of likely N-dealkylation sites (tertiary alicyclic amines) is 1. The highest BCUT2D eigenvalue weighted by Crippen LogP contribution is 2.34. The predicted molar refractivity (Wildman–Crippen MR) is 159 cm³/mol. The van der Waals surface area contributed by atoms with Gasteiger partial charge in [0.05, 0.1) is 37.0 Å². The molecule has 3 aromatic rings. The highest BCUT2D eigenvalue weighted by atomic mass is 32.2. The molecule has 12 nitrogen and oxygen atoms in total. The minimum absolute atomic E-state index is 0.00278. The van der Waals surface area contributed by atoms with Crippen molar-refractivity contribution in [3.63, 3.8) is 0 Å². The quantitative estimate of drug-likeness (QED) is 0.349. The number of carbonyl (C=O) groups is 2. The molecule has 0 unspecified atom stereocenters. The largest absolute Gasteiger partial charge is 0.495 e. The standard InChI is InChI=1S/C28H35N5O7S2/c1-4-40-28(36)20-8-7-11-31(16-20)23(34)17-32-18-29-26-24(27(32)35)25(19(2)41-26)42(37,38)33-14-12-30(13-15-33)21-9-5-6-10-22(21)39-3/h5-6,9-10,18,20H,4,7-8,11-17H2,1-3H3/t20-/m1/s1. The van der Waals surface area contributed by atoms with Crippen molar-refractivity contribution in [1.82, 2.24) is 18.8 Å². The number of carbonyl (C=O) groups excluding carboxylic acids is 2. The molecule has 0 saturated carbocycles. The van der Waals surface area contributed by atoms with Crippen LogP contribution in [-0.2, 0) is 30.9 Å². The van der Waals surface area contributed by atoms with Crippen molar-refractivity contribution in [3.8, 4) is 5.75 Å². The molecule has 1 atom stereocenters. The van der Waals surface area contributed by atoms with Gasteiger partial charge in [0, 0.05) is 44.1 Å². The highest BCUT2D eigenvalue weighted by Gasteiger charge is 2.35. The van der Waals surface area contributed by atoms with E-state index < -0.39 is 21.5 Å². The Morgan fingerprint density at radius 3 is 2.57 bits per heavy atom. The summed E-state index contributed by atoms with van der Waals surface area (Å²) in [5, 5.41) is 0.00278. The van der Waals surface area contributed by atoms with Gasteiger partial charge in [-0.1, -0.05) is 12.1 Å². The van der Waals surface area contributed by atoms with Crippen LogP contribution in [0, 0.1) is 12.8 Å². The molecule has 0 spiro atoms. The van der Waals surface area contributed by atoms with Gasteiger partial charge in [-0.25, -0.2) is 13.4 Å². The van der Waals surface area contributed by atoms with E-state index in [-0.39, 0.29) is 54.9 Å².